The van der Waals surface area contributed by atoms with Crippen molar-refractivity contribution in [2.45, 2.75) is 20.0 Å². The zero-order chi connectivity index (χ0) is 21.9. The molecule has 0 aliphatic carbocycles. The van der Waals surface area contributed by atoms with Gasteiger partial charge in [0.25, 0.3) is 0 Å². The molecular formula is C23H21N9. The number of aromatic nitrogens is 7. The van der Waals surface area contributed by atoms with Crippen LogP contribution in [0.2, 0.25) is 0 Å². The fourth-order valence-corrected chi connectivity index (χ4v) is 3.35. The van der Waals surface area contributed by atoms with Crippen molar-refractivity contribution in [1.29, 1.82) is 0 Å². The van der Waals surface area contributed by atoms with E-state index in [4.69, 9.17) is 15.7 Å². The van der Waals surface area contributed by atoms with E-state index in [9.17, 15) is 0 Å². The largest absolute Gasteiger partial charge is 0.384 e. The lowest BCUT2D eigenvalue weighted by Crippen LogP contribution is -2.06. The number of nitrogens with one attached hydrogen (secondary N) is 1. The minimum atomic E-state index is 0.452. The number of aryl methyl sites for hydroxylation is 1. The van der Waals surface area contributed by atoms with Gasteiger partial charge in [0, 0.05) is 37.2 Å². The van der Waals surface area contributed by atoms with Gasteiger partial charge in [0.15, 0.2) is 17.3 Å². The average molecular weight is 423 g/mol. The third kappa shape index (κ3) is 3.83. The van der Waals surface area contributed by atoms with Crippen LogP contribution in [0.15, 0.2) is 67.4 Å². The van der Waals surface area contributed by atoms with Gasteiger partial charge in [-0.2, -0.15) is 0 Å². The maximum Gasteiger partial charge on any atom is 0.166 e. The molecule has 158 valence electrons. The second kappa shape index (κ2) is 8.38. The van der Waals surface area contributed by atoms with Crippen molar-refractivity contribution in [3.05, 3.63) is 72.9 Å². The standard InChI is InChI=1S/C23H21N9/c1-2-32-14-29-20-22(30-21(31-23(20)32)16-7-9-19(24)27-13-16)28-12-15-6-8-18(26-11-15)17-5-3-4-10-25-17/h3-11,13-14H,2,12H2,1H3,(H2,24,27)(H,28,30,31). The average Bonchev–Trinajstić information content (AvgIpc) is 3.27. The highest BCUT2D eigenvalue weighted by Crippen LogP contribution is 2.25. The van der Waals surface area contributed by atoms with Crippen LogP contribution in [0.3, 0.4) is 0 Å². The van der Waals surface area contributed by atoms with Crippen molar-refractivity contribution >= 4 is 22.8 Å². The van der Waals surface area contributed by atoms with Gasteiger partial charge in [0.1, 0.15) is 11.3 Å². The molecule has 0 radical (unpaired) electrons. The zero-order valence-electron chi connectivity index (χ0n) is 17.5. The van der Waals surface area contributed by atoms with Crippen molar-refractivity contribution in [2.24, 2.45) is 0 Å². The van der Waals surface area contributed by atoms with E-state index in [1.807, 2.05) is 47.2 Å². The van der Waals surface area contributed by atoms with Crippen LogP contribution >= 0.6 is 0 Å². The summed E-state index contributed by atoms with van der Waals surface area (Å²) in [7, 11) is 0. The first-order valence-electron chi connectivity index (χ1n) is 10.3. The number of nitrogen functional groups attached to an aromatic ring is 1. The maximum atomic E-state index is 5.73. The second-order valence-corrected chi connectivity index (χ2v) is 7.19. The van der Waals surface area contributed by atoms with Crippen molar-refractivity contribution in [2.75, 3.05) is 11.1 Å². The van der Waals surface area contributed by atoms with Crippen LogP contribution in [-0.2, 0) is 13.1 Å². The van der Waals surface area contributed by atoms with Gasteiger partial charge in [-0.25, -0.2) is 19.9 Å². The Kier molecular flexibility index (Phi) is 5.12. The first-order chi connectivity index (χ1) is 15.7. The Hall–Kier alpha value is -4.40. The Morgan fingerprint density at radius 1 is 0.906 bits per heavy atom. The van der Waals surface area contributed by atoms with Crippen LogP contribution < -0.4 is 11.1 Å². The Morgan fingerprint density at radius 3 is 2.53 bits per heavy atom. The van der Waals surface area contributed by atoms with E-state index < -0.39 is 0 Å². The molecular weight excluding hydrogens is 402 g/mol. The smallest absolute Gasteiger partial charge is 0.166 e. The summed E-state index contributed by atoms with van der Waals surface area (Å²) in [5, 5.41) is 3.39. The van der Waals surface area contributed by atoms with E-state index in [1.165, 1.54) is 0 Å². The molecule has 5 aromatic heterocycles. The van der Waals surface area contributed by atoms with Gasteiger partial charge in [-0.3, -0.25) is 9.97 Å². The van der Waals surface area contributed by atoms with E-state index >= 15 is 0 Å². The normalized spacial score (nSPS) is 11.0. The Morgan fingerprint density at radius 2 is 1.81 bits per heavy atom. The number of pyridine rings is 3. The number of imidazole rings is 1. The number of nitrogens with zero attached hydrogens (tertiary/aromatic N) is 7. The molecule has 0 fully saturated rings. The summed E-state index contributed by atoms with van der Waals surface area (Å²) < 4.78 is 1.99. The Labute approximate surface area is 184 Å². The zero-order valence-corrected chi connectivity index (χ0v) is 17.5. The molecule has 0 aliphatic rings. The van der Waals surface area contributed by atoms with E-state index in [2.05, 4.69) is 32.2 Å². The third-order valence-corrected chi connectivity index (χ3v) is 5.06. The molecule has 0 bridgehead atoms. The minimum Gasteiger partial charge on any atom is -0.384 e. The number of hydrogen-bond donors (Lipinski definition) is 2. The van der Waals surface area contributed by atoms with Gasteiger partial charge < -0.3 is 15.6 Å². The Bertz CT molecular complexity index is 1340. The van der Waals surface area contributed by atoms with Gasteiger partial charge in [-0.1, -0.05) is 12.1 Å². The summed E-state index contributed by atoms with van der Waals surface area (Å²) in [6, 6.07) is 13.4. The third-order valence-electron chi connectivity index (χ3n) is 5.06. The van der Waals surface area contributed by atoms with Gasteiger partial charge in [-0.15, -0.1) is 0 Å². The van der Waals surface area contributed by atoms with Gasteiger partial charge in [0.05, 0.1) is 17.7 Å². The summed E-state index contributed by atoms with van der Waals surface area (Å²) in [6.45, 7) is 3.35. The highest BCUT2D eigenvalue weighted by molar-refractivity contribution is 5.85. The highest BCUT2D eigenvalue weighted by atomic mass is 15.2. The molecule has 5 heterocycles. The number of hydrogen-bond acceptors (Lipinski definition) is 8. The SMILES string of the molecule is CCn1cnc2c(NCc3ccc(-c4ccccn4)nc3)nc(-c3ccc(N)nc3)nc21. The van der Waals surface area contributed by atoms with Crippen molar-refractivity contribution in [3.63, 3.8) is 0 Å². The predicted molar refractivity (Wildman–Crippen MR) is 123 cm³/mol. The number of anilines is 2. The van der Waals surface area contributed by atoms with Crippen LogP contribution in [0.4, 0.5) is 11.6 Å². The number of rotatable bonds is 6. The Balaban J connectivity index is 1.44. The summed E-state index contributed by atoms with van der Waals surface area (Å²) in [4.78, 5) is 27.0. The van der Waals surface area contributed by atoms with E-state index in [0.717, 1.165) is 40.2 Å². The fraction of sp³-hybridized carbons (Fsp3) is 0.130. The molecule has 0 aliphatic heterocycles. The van der Waals surface area contributed by atoms with E-state index in [0.29, 0.717) is 24.0 Å². The van der Waals surface area contributed by atoms with E-state index in [1.54, 1.807) is 24.8 Å². The summed E-state index contributed by atoms with van der Waals surface area (Å²) in [6.07, 6.45) is 7.05. The van der Waals surface area contributed by atoms with Gasteiger partial charge in [-0.05, 0) is 42.8 Å². The molecule has 3 N–H and O–H groups in total. The topological polar surface area (TPSA) is 120 Å². The van der Waals surface area contributed by atoms with Crippen LogP contribution in [0.1, 0.15) is 12.5 Å². The van der Waals surface area contributed by atoms with Crippen LogP contribution in [0.5, 0.6) is 0 Å². The van der Waals surface area contributed by atoms with Gasteiger partial charge in [0.2, 0.25) is 0 Å². The molecule has 0 unspecified atom stereocenters. The molecule has 5 aromatic rings. The molecule has 0 spiro atoms. The number of fused-ring (bicyclic) bond motifs is 1. The molecule has 32 heavy (non-hydrogen) atoms. The molecule has 0 atom stereocenters. The quantitative estimate of drug-likeness (QED) is 0.425. The first-order valence-corrected chi connectivity index (χ1v) is 10.3. The lowest BCUT2D eigenvalue weighted by atomic mass is 10.2. The summed E-state index contributed by atoms with van der Waals surface area (Å²) in [5.74, 6) is 1.67. The summed E-state index contributed by atoms with van der Waals surface area (Å²) in [5.41, 5.74) is 10.7. The molecule has 9 nitrogen and oxygen atoms in total. The second-order valence-electron chi connectivity index (χ2n) is 7.19. The fourth-order valence-electron chi connectivity index (χ4n) is 3.35. The molecule has 9 heteroatoms. The minimum absolute atomic E-state index is 0.452. The van der Waals surface area contributed by atoms with Crippen LogP contribution in [0.25, 0.3) is 33.9 Å². The molecule has 5 rings (SSSR count). The monoisotopic (exact) mass is 423 g/mol. The molecule has 0 amide bonds. The van der Waals surface area contributed by atoms with Crippen molar-refractivity contribution in [1.82, 2.24) is 34.5 Å². The van der Waals surface area contributed by atoms with Crippen molar-refractivity contribution < 1.29 is 0 Å². The lowest BCUT2D eigenvalue weighted by molar-refractivity contribution is 0.777. The predicted octanol–water partition coefficient (Wildman–Crippen LogP) is 3.56. The molecule has 0 saturated heterocycles. The van der Waals surface area contributed by atoms with Crippen LogP contribution in [-0.4, -0.2) is 34.5 Å². The highest BCUT2D eigenvalue weighted by Gasteiger charge is 2.14. The molecule has 0 saturated carbocycles. The van der Waals surface area contributed by atoms with Gasteiger partial charge >= 0.3 is 0 Å². The number of nitrogens with two attached hydrogens (primary N) is 1. The first kappa shape index (κ1) is 19.6. The maximum absolute atomic E-state index is 5.73. The van der Waals surface area contributed by atoms with Crippen molar-refractivity contribution in [3.8, 4) is 22.8 Å². The van der Waals surface area contributed by atoms with E-state index in [-0.39, 0.29) is 0 Å². The summed E-state index contributed by atoms with van der Waals surface area (Å²) >= 11 is 0. The lowest BCUT2D eigenvalue weighted by Gasteiger charge is -2.10. The molecule has 0 aromatic carbocycles. The van der Waals surface area contributed by atoms with Crippen LogP contribution in [0, 0.1) is 0 Å².